The van der Waals surface area contributed by atoms with Crippen molar-refractivity contribution in [3.05, 3.63) is 237 Å². The Morgan fingerprint density at radius 3 is 0.921 bits per heavy atom. The first-order chi connectivity index (χ1) is 53.5. The molecule has 114 heavy (non-hydrogen) atoms. The SMILES string of the molecule is O=C(Nc1cc(F)c(F)c(F)c1)c1ccc(F)c(S(=O)(=O)NC2CCCC2O)c1.O=C(Nc1cc(F)c(F)c(F)c1)c1ccc(F)c(S(=O)(=O)NC2CCCC2O)c1.O=C(Nc1cc(F)c(F)c(F)c1)c1cccc(S(=O)(=O)NC2CCCC2O)c1.O=C(Nc1ccc(F)c(F)c1)c1ccc(F)c(S(=O)(=O)NC2CCC(O)C2)c1. The maximum atomic E-state index is 14.1. The number of anilines is 4. The van der Waals surface area contributed by atoms with E-state index in [0.717, 1.165) is 78.9 Å². The fourth-order valence-electron chi connectivity index (χ4n) is 12.0. The monoisotopic (exact) mass is 1690 g/mol. The summed E-state index contributed by atoms with van der Waals surface area (Å²) in [6.45, 7) is 0. The van der Waals surface area contributed by atoms with E-state index < -0.39 is 220 Å². The molecule has 8 unspecified atom stereocenters. The lowest BCUT2D eigenvalue weighted by molar-refractivity contribution is 0.101. The van der Waals surface area contributed by atoms with Gasteiger partial charge in [-0.05, 0) is 162 Å². The highest BCUT2D eigenvalue weighted by Crippen LogP contribution is 2.30. The number of sulfonamides is 4. The first-order valence-electron chi connectivity index (χ1n) is 33.9. The van der Waals surface area contributed by atoms with Crippen LogP contribution in [0.2, 0.25) is 0 Å². The second-order valence-electron chi connectivity index (χ2n) is 26.1. The zero-order valence-corrected chi connectivity index (χ0v) is 61.7. The topological polar surface area (TPSA) is 382 Å². The van der Waals surface area contributed by atoms with Crippen molar-refractivity contribution < 1.29 is 135 Å². The van der Waals surface area contributed by atoms with Crippen molar-refractivity contribution in [2.45, 2.75) is 145 Å². The quantitative estimate of drug-likeness (QED) is 0.0249. The Bertz CT molecular complexity index is 5240. The molecule has 0 aliphatic heterocycles. The van der Waals surface area contributed by atoms with Crippen molar-refractivity contribution in [1.29, 1.82) is 0 Å². The van der Waals surface area contributed by atoms with Gasteiger partial charge in [-0.15, -0.1) is 0 Å². The van der Waals surface area contributed by atoms with E-state index in [0.29, 0.717) is 107 Å². The van der Waals surface area contributed by atoms with Crippen LogP contribution in [-0.4, -0.2) is 126 Å². The summed E-state index contributed by atoms with van der Waals surface area (Å²) >= 11 is 0. The van der Waals surface area contributed by atoms with Gasteiger partial charge in [0.05, 0.1) is 29.3 Å². The number of hydrogen-bond acceptors (Lipinski definition) is 16. The van der Waals surface area contributed by atoms with Crippen molar-refractivity contribution in [3.63, 3.8) is 0 Å². The first kappa shape index (κ1) is 88.1. The fourth-order valence-corrected chi connectivity index (χ4v) is 17.6. The molecule has 0 spiro atoms. The highest BCUT2D eigenvalue weighted by atomic mass is 32.2. The number of carbonyl (C=O) groups is 4. The number of hydrogen-bond donors (Lipinski definition) is 12. The average Bonchev–Trinajstić information content (AvgIpc) is 1.40. The largest absolute Gasteiger partial charge is 0.393 e. The molecular formula is C72H66F14N8O16S4. The van der Waals surface area contributed by atoms with Gasteiger partial charge in [0.25, 0.3) is 23.6 Å². The standard InChI is InChI=1S/2C18H16F4N2O4S.2C18H17F3N2O4S/c2*19-11-5-4-9(18(26)23-10-7-12(20)17(22)13(21)8-10)6-16(11)29(27,28)24-14-2-1-3-15(14)25;19-14-6-3-11(9-16(14)21)22-18(25)10-1-5-15(20)17(7-10)28(26,27)23-12-2-4-13(24)8-12;19-13-8-11(9-14(20)17(13)21)22-18(25)10-3-1-4-12(7-10)28(26,27)23-15-5-2-6-16(15)24/h2*4-8,14-15,24-25H,1-3H2,(H,23,26);1,3,5-7,9,12-13,23-24H,2,4,8H2,(H,22,25);1,3-4,7-9,15-16,23-24H,2,5-6H2,(H,22,25). The molecule has 0 heterocycles. The van der Waals surface area contributed by atoms with Crippen LogP contribution in [0.15, 0.2) is 153 Å². The maximum Gasteiger partial charge on any atom is 0.255 e. The van der Waals surface area contributed by atoms with Crippen LogP contribution < -0.4 is 40.2 Å². The van der Waals surface area contributed by atoms with Crippen molar-refractivity contribution >= 4 is 86.5 Å². The van der Waals surface area contributed by atoms with Crippen LogP contribution >= 0.6 is 0 Å². The average molecular weight is 1690 g/mol. The molecule has 4 aliphatic carbocycles. The van der Waals surface area contributed by atoms with E-state index in [-0.39, 0.29) is 44.9 Å². The van der Waals surface area contributed by atoms with Crippen LogP contribution in [0.3, 0.4) is 0 Å². The van der Waals surface area contributed by atoms with Crippen LogP contribution in [-0.2, 0) is 40.1 Å². The Balaban J connectivity index is 0.000000174. The zero-order valence-electron chi connectivity index (χ0n) is 58.4. The number of aliphatic hydroxyl groups excluding tert-OH is 4. The van der Waals surface area contributed by atoms with Gasteiger partial charge in [-0.2, -0.15) is 0 Å². The van der Waals surface area contributed by atoms with Gasteiger partial charge < -0.3 is 41.7 Å². The molecular weight excluding hydrogens is 1630 g/mol. The highest BCUT2D eigenvalue weighted by molar-refractivity contribution is 7.90. The number of rotatable bonds is 20. The molecule has 612 valence electrons. The summed E-state index contributed by atoms with van der Waals surface area (Å²) < 4.78 is 296. The Labute approximate surface area is 640 Å². The van der Waals surface area contributed by atoms with Crippen molar-refractivity contribution in [1.82, 2.24) is 18.9 Å². The van der Waals surface area contributed by atoms with Gasteiger partial charge in [0.1, 0.15) is 32.1 Å². The number of halogens is 14. The summed E-state index contributed by atoms with van der Waals surface area (Å²) in [5.41, 5.74) is -2.08. The van der Waals surface area contributed by atoms with E-state index in [1.54, 1.807) is 0 Å². The third-order valence-electron chi connectivity index (χ3n) is 17.8. The Hall–Kier alpha value is -9.86. The maximum absolute atomic E-state index is 14.1. The van der Waals surface area contributed by atoms with Crippen LogP contribution in [0, 0.1) is 81.4 Å². The predicted molar refractivity (Wildman–Crippen MR) is 379 cm³/mol. The molecule has 8 aromatic carbocycles. The van der Waals surface area contributed by atoms with E-state index in [1.165, 1.54) is 18.2 Å². The first-order valence-corrected chi connectivity index (χ1v) is 39.9. The number of aliphatic hydroxyl groups is 4. The van der Waals surface area contributed by atoms with E-state index in [1.807, 2.05) is 0 Å². The summed E-state index contributed by atoms with van der Waals surface area (Å²) in [6.07, 6.45) is 2.35. The van der Waals surface area contributed by atoms with Gasteiger partial charge in [0.2, 0.25) is 40.1 Å². The van der Waals surface area contributed by atoms with E-state index >= 15 is 0 Å². The van der Waals surface area contributed by atoms with Gasteiger partial charge in [-0.3, -0.25) is 19.2 Å². The number of amides is 4. The number of nitrogens with one attached hydrogen (secondary N) is 8. The lowest BCUT2D eigenvalue weighted by atomic mass is 10.2. The summed E-state index contributed by atoms with van der Waals surface area (Å²) in [5, 5.41) is 47.5. The summed E-state index contributed by atoms with van der Waals surface area (Å²) in [7, 11) is -17.0. The van der Waals surface area contributed by atoms with Crippen LogP contribution in [0.1, 0.15) is 118 Å². The Morgan fingerprint density at radius 2 is 0.605 bits per heavy atom. The molecule has 0 saturated heterocycles. The van der Waals surface area contributed by atoms with Gasteiger partial charge in [-0.1, -0.05) is 6.07 Å². The van der Waals surface area contributed by atoms with E-state index in [4.69, 9.17) is 0 Å². The molecule has 12 N–H and O–H groups in total. The van der Waals surface area contributed by atoms with Crippen molar-refractivity contribution in [2.75, 3.05) is 21.3 Å². The number of carbonyl (C=O) groups excluding carboxylic acids is 4. The summed E-state index contributed by atoms with van der Waals surface area (Å²) in [6, 6.07) is 16.2. The Morgan fingerprint density at radius 1 is 0.298 bits per heavy atom. The minimum Gasteiger partial charge on any atom is -0.393 e. The smallest absolute Gasteiger partial charge is 0.255 e. The third-order valence-corrected chi connectivity index (χ3v) is 23.9. The summed E-state index contributed by atoms with van der Waals surface area (Å²) in [5.74, 6) is -23.3. The molecule has 4 saturated carbocycles. The van der Waals surface area contributed by atoms with E-state index in [2.05, 4.69) is 40.2 Å². The minimum atomic E-state index is -4.39. The molecule has 0 bridgehead atoms. The molecule has 4 amide bonds. The van der Waals surface area contributed by atoms with Crippen LogP contribution in [0.25, 0.3) is 0 Å². The predicted octanol–water partition coefficient (Wildman–Crippen LogP) is 10.5. The second-order valence-corrected chi connectivity index (χ2v) is 32.9. The molecule has 4 aliphatic rings. The Kier molecular flexibility index (Phi) is 28.7. The minimum absolute atomic E-state index is 0.0456. The van der Waals surface area contributed by atoms with Crippen molar-refractivity contribution in [2.24, 2.45) is 0 Å². The second kappa shape index (κ2) is 37.2. The number of benzene rings is 8. The third kappa shape index (κ3) is 22.6. The van der Waals surface area contributed by atoms with Gasteiger partial charge in [0.15, 0.2) is 64.0 Å². The molecule has 4 fully saturated rings. The van der Waals surface area contributed by atoms with Crippen LogP contribution in [0.5, 0.6) is 0 Å². The summed E-state index contributed by atoms with van der Waals surface area (Å²) in [4.78, 5) is 46.6. The molecule has 0 radical (unpaired) electrons. The molecule has 12 rings (SSSR count). The zero-order chi connectivity index (χ0) is 83.6. The van der Waals surface area contributed by atoms with E-state index in [9.17, 15) is 135 Å². The lowest BCUT2D eigenvalue weighted by Crippen LogP contribution is -2.40. The molecule has 8 atom stereocenters. The molecule has 0 aromatic heterocycles. The fraction of sp³-hybridized carbons (Fsp3) is 0.278. The molecule has 42 heteroatoms. The lowest BCUT2D eigenvalue weighted by Gasteiger charge is -2.17. The molecule has 24 nitrogen and oxygen atoms in total. The highest BCUT2D eigenvalue weighted by Gasteiger charge is 2.36. The normalized spacial score (nSPS) is 19.5. The van der Waals surface area contributed by atoms with Gasteiger partial charge in [0, 0.05) is 112 Å². The van der Waals surface area contributed by atoms with Gasteiger partial charge >= 0.3 is 0 Å². The van der Waals surface area contributed by atoms with Gasteiger partial charge in [-0.25, -0.2) is 114 Å². The van der Waals surface area contributed by atoms with Crippen molar-refractivity contribution in [3.8, 4) is 0 Å². The molecule has 8 aromatic rings. The van der Waals surface area contributed by atoms with Crippen LogP contribution in [0.4, 0.5) is 84.2 Å².